The van der Waals surface area contributed by atoms with E-state index in [0.717, 1.165) is 36.3 Å². The van der Waals surface area contributed by atoms with Gasteiger partial charge in [-0.3, -0.25) is 24.2 Å². The Morgan fingerprint density at radius 3 is 2.62 bits per heavy atom. The molecule has 0 spiro atoms. The number of pyridine rings is 1. The maximum Gasteiger partial charge on any atom is 0.306 e. The van der Waals surface area contributed by atoms with Gasteiger partial charge in [0.1, 0.15) is 0 Å². The number of amides is 1. The van der Waals surface area contributed by atoms with Crippen LogP contribution < -0.4 is 0 Å². The first-order chi connectivity index (χ1) is 16.6. The van der Waals surface area contributed by atoms with E-state index in [-0.39, 0.29) is 11.9 Å². The first-order valence-corrected chi connectivity index (χ1v) is 11.8. The average Bonchev–Trinajstić information content (AvgIpc) is 3.24. The molecule has 0 atom stereocenters. The van der Waals surface area contributed by atoms with Crippen molar-refractivity contribution in [3.8, 4) is 0 Å². The van der Waals surface area contributed by atoms with E-state index < -0.39 is 0 Å². The third-order valence-electron chi connectivity index (χ3n) is 6.73. The molecule has 0 aliphatic carbocycles. The molecule has 176 valence electrons. The van der Waals surface area contributed by atoms with Crippen LogP contribution in [-0.2, 0) is 42.0 Å². The predicted octanol–water partition coefficient (Wildman–Crippen LogP) is 2.45. The lowest BCUT2D eigenvalue weighted by Crippen LogP contribution is -2.38. The Bertz CT molecular complexity index is 1190. The molecule has 0 radical (unpaired) electrons. The molecule has 8 nitrogen and oxygen atoms in total. The van der Waals surface area contributed by atoms with Crippen LogP contribution in [0.1, 0.15) is 45.0 Å². The van der Waals surface area contributed by atoms with Crippen LogP contribution in [0.3, 0.4) is 0 Å². The van der Waals surface area contributed by atoms with Crippen LogP contribution in [0.5, 0.6) is 0 Å². The number of benzene rings is 1. The molecule has 0 N–H and O–H groups in total. The Morgan fingerprint density at radius 2 is 1.82 bits per heavy atom. The highest BCUT2D eigenvalue weighted by Gasteiger charge is 2.31. The van der Waals surface area contributed by atoms with Gasteiger partial charge in [0, 0.05) is 56.6 Å². The zero-order valence-electron chi connectivity index (χ0n) is 19.4. The van der Waals surface area contributed by atoms with Gasteiger partial charge in [-0.15, -0.1) is 0 Å². The molecule has 2 aromatic heterocycles. The number of hydrogen-bond acceptors (Lipinski definition) is 6. The third-order valence-corrected chi connectivity index (χ3v) is 6.73. The van der Waals surface area contributed by atoms with Crippen LogP contribution in [0.25, 0.3) is 0 Å². The quantitative estimate of drug-likeness (QED) is 0.527. The summed E-state index contributed by atoms with van der Waals surface area (Å²) in [6.45, 7) is 3.82. The van der Waals surface area contributed by atoms with Crippen molar-refractivity contribution in [2.75, 3.05) is 26.7 Å². The largest absolute Gasteiger partial charge is 0.469 e. The summed E-state index contributed by atoms with van der Waals surface area (Å²) in [5.74, 6) is -0.250. The lowest BCUT2D eigenvalue weighted by atomic mass is 9.99. The van der Waals surface area contributed by atoms with Crippen molar-refractivity contribution in [1.82, 2.24) is 24.6 Å². The molecule has 3 aromatic rings. The number of rotatable bonds is 6. The average molecular weight is 460 g/mol. The summed E-state index contributed by atoms with van der Waals surface area (Å²) in [4.78, 5) is 33.9. The van der Waals surface area contributed by atoms with Crippen molar-refractivity contribution in [3.63, 3.8) is 0 Å². The summed E-state index contributed by atoms with van der Waals surface area (Å²) in [7, 11) is 1.41. The van der Waals surface area contributed by atoms with Gasteiger partial charge in [-0.2, -0.15) is 5.10 Å². The first-order valence-electron chi connectivity index (χ1n) is 11.8. The van der Waals surface area contributed by atoms with Crippen LogP contribution >= 0.6 is 0 Å². The van der Waals surface area contributed by atoms with Gasteiger partial charge in [-0.05, 0) is 29.7 Å². The molecule has 1 aromatic carbocycles. The normalized spacial score (nSPS) is 15.5. The van der Waals surface area contributed by atoms with E-state index in [0.29, 0.717) is 44.8 Å². The van der Waals surface area contributed by atoms with Crippen LogP contribution in [0.15, 0.2) is 48.7 Å². The van der Waals surface area contributed by atoms with Crippen molar-refractivity contribution in [1.29, 1.82) is 0 Å². The van der Waals surface area contributed by atoms with Gasteiger partial charge in [-0.1, -0.05) is 30.3 Å². The van der Waals surface area contributed by atoms with Crippen molar-refractivity contribution >= 4 is 11.9 Å². The lowest BCUT2D eigenvalue weighted by Gasteiger charge is -2.30. The molecule has 0 bridgehead atoms. The fourth-order valence-corrected chi connectivity index (χ4v) is 4.86. The SMILES string of the molecule is COC(=O)CCN1CCc2c(c(C(=O)N3CCc4ccccc4C3)nn2Cc2ccccn2)C1. The Morgan fingerprint density at radius 1 is 1.00 bits per heavy atom. The van der Waals surface area contributed by atoms with Gasteiger partial charge in [0.2, 0.25) is 0 Å². The van der Waals surface area contributed by atoms with Crippen LogP contribution in [-0.4, -0.2) is 63.2 Å². The summed E-state index contributed by atoms with van der Waals surface area (Å²) in [5.41, 5.74) is 5.99. The van der Waals surface area contributed by atoms with Crippen molar-refractivity contribution in [3.05, 3.63) is 82.4 Å². The minimum atomic E-state index is -0.222. The van der Waals surface area contributed by atoms with Crippen LogP contribution in [0.4, 0.5) is 0 Å². The molecule has 2 aliphatic heterocycles. The van der Waals surface area contributed by atoms with E-state index in [9.17, 15) is 9.59 Å². The lowest BCUT2D eigenvalue weighted by molar-refractivity contribution is -0.141. The van der Waals surface area contributed by atoms with Gasteiger partial charge in [0.05, 0.1) is 25.8 Å². The number of hydrogen-bond donors (Lipinski definition) is 0. The zero-order chi connectivity index (χ0) is 23.5. The van der Waals surface area contributed by atoms with E-state index in [1.165, 1.54) is 18.2 Å². The number of aromatic nitrogens is 3. The van der Waals surface area contributed by atoms with E-state index in [2.05, 4.69) is 28.1 Å². The summed E-state index contributed by atoms with van der Waals surface area (Å²) in [6, 6.07) is 14.1. The molecule has 8 heteroatoms. The predicted molar refractivity (Wildman–Crippen MR) is 126 cm³/mol. The van der Waals surface area contributed by atoms with E-state index in [1.807, 2.05) is 33.8 Å². The van der Waals surface area contributed by atoms with Gasteiger partial charge in [0.25, 0.3) is 5.91 Å². The highest BCUT2D eigenvalue weighted by molar-refractivity contribution is 5.94. The Kier molecular flexibility index (Phi) is 6.40. The highest BCUT2D eigenvalue weighted by atomic mass is 16.5. The van der Waals surface area contributed by atoms with Crippen LogP contribution in [0.2, 0.25) is 0 Å². The molecular formula is C26H29N5O3. The van der Waals surface area contributed by atoms with Gasteiger partial charge < -0.3 is 9.64 Å². The summed E-state index contributed by atoms with van der Waals surface area (Å²) in [6.07, 6.45) is 3.73. The number of methoxy groups -OCH3 is 1. The number of ether oxygens (including phenoxy) is 1. The number of carbonyl (C=O) groups excluding carboxylic acids is 2. The van der Waals surface area contributed by atoms with Crippen molar-refractivity contribution < 1.29 is 14.3 Å². The van der Waals surface area contributed by atoms with Crippen molar-refractivity contribution in [2.45, 2.75) is 38.9 Å². The Balaban J connectivity index is 1.43. The van der Waals surface area contributed by atoms with Crippen LogP contribution in [0, 0.1) is 0 Å². The fraction of sp³-hybridized carbons (Fsp3) is 0.385. The topological polar surface area (TPSA) is 80.6 Å². The molecule has 34 heavy (non-hydrogen) atoms. The molecule has 4 heterocycles. The Labute approximate surface area is 199 Å². The van der Waals surface area contributed by atoms with Crippen molar-refractivity contribution in [2.24, 2.45) is 0 Å². The monoisotopic (exact) mass is 459 g/mol. The number of fused-ring (bicyclic) bond motifs is 2. The van der Waals surface area contributed by atoms with E-state index >= 15 is 0 Å². The maximum atomic E-state index is 13.7. The molecule has 1 amide bonds. The van der Waals surface area contributed by atoms with Gasteiger partial charge in [-0.25, -0.2) is 0 Å². The number of esters is 1. The summed E-state index contributed by atoms with van der Waals surface area (Å²) < 4.78 is 6.75. The van der Waals surface area contributed by atoms with E-state index in [1.54, 1.807) is 6.20 Å². The highest BCUT2D eigenvalue weighted by Crippen LogP contribution is 2.27. The number of carbonyl (C=O) groups is 2. The third kappa shape index (κ3) is 4.59. The molecule has 5 rings (SSSR count). The van der Waals surface area contributed by atoms with E-state index in [4.69, 9.17) is 9.84 Å². The van der Waals surface area contributed by atoms with Gasteiger partial charge >= 0.3 is 5.97 Å². The molecular weight excluding hydrogens is 430 g/mol. The number of nitrogens with zero attached hydrogens (tertiary/aromatic N) is 5. The second-order valence-corrected chi connectivity index (χ2v) is 8.85. The molecule has 0 unspecified atom stereocenters. The second kappa shape index (κ2) is 9.77. The molecule has 2 aliphatic rings. The zero-order valence-corrected chi connectivity index (χ0v) is 19.4. The maximum absolute atomic E-state index is 13.7. The smallest absolute Gasteiger partial charge is 0.306 e. The minimum absolute atomic E-state index is 0.0275. The Hall–Kier alpha value is -3.52. The molecule has 0 saturated carbocycles. The second-order valence-electron chi connectivity index (χ2n) is 8.85. The minimum Gasteiger partial charge on any atom is -0.469 e. The first kappa shape index (κ1) is 22.3. The molecule has 0 saturated heterocycles. The fourth-order valence-electron chi connectivity index (χ4n) is 4.86. The summed E-state index contributed by atoms with van der Waals surface area (Å²) in [5, 5.41) is 4.83. The molecule has 0 fully saturated rings. The standard InChI is InChI=1S/C26H29N5O3/c1-34-24(32)11-14-29-13-10-23-22(18-29)25(28-31(23)17-21-8-4-5-12-27-21)26(33)30-15-9-19-6-2-3-7-20(19)16-30/h2-8,12H,9-11,13-18H2,1H3. The summed E-state index contributed by atoms with van der Waals surface area (Å²) >= 11 is 0. The van der Waals surface area contributed by atoms with Gasteiger partial charge in [0.15, 0.2) is 5.69 Å².